The fraction of sp³-hybridized carbons (Fsp3) is 0.385. The first-order chi connectivity index (χ1) is 8.22. The van der Waals surface area contributed by atoms with Crippen LogP contribution in [0.25, 0.3) is 0 Å². The summed E-state index contributed by atoms with van der Waals surface area (Å²) in [7, 11) is 0. The Morgan fingerprint density at radius 1 is 1.47 bits per heavy atom. The van der Waals surface area contributed by atoms with Crippen LogP contribution >= 0.6 is 0 Å². The number of nitriles is 1. The Balaban J connectivity index is 2.15. The molecule has 1 aromatic rings. The largest absolute Gasteiger partial charge is 0.391 e. The summed E-state index contributed by atoms with van der Waals surface area (Å²) in [5.41, 5.74) is 0.710. The molecule has 0 aromatic heterocycles. The summed E-state index contributed by atoms with van der Waals surface area (Å²) in [6.45, 7) is 0.870. The Morgan fingerprint density at radius 2 is 2.18 bits per heavy atom. The monoisotopic (exact) mass is 230 g/mol. The second-order valence-corrected chi connectivity index (χ2v) is 4.20. The molecule has 1 fully saturated rings. The van der Waals surface area contributed by atoms with Gasteiger partial charge in [-0.1, -0.05) is 30.3 Å². The molecular formula is C13H14N2O2. The molecule has 1 aromatic carbocycles. The summed E-state index contributed by atoms with van der Waals surface area (Å²) in [6, 6.07) is 11.1. The van der Waals surface area contributed by atoms with Crippen LogP contribution in [0.5, 0.6) is 0 Å². The van der Waals surface area contributed by atoms with E-state index < -0.39 is 12.0 Å². The van der Waals surface area contributed by atoms with Crippen LogP contribution in [0.3, 0.4) is 0 Å². The van der Waals surface area contributed by atoms with Crippen molar-refractivity contribution in [3.05, 3.63) is 35.9 Å². The predicted octanol–water partition coefficient (Wildman–Crippen LogP) is 0.887. The van der Waals surface area contributed by atoms with Crippen molar-refractivity contribution >= 4 is 5.91 Å². The standard InChI is InChI=1S/C13H14N2O2/c14-8-12(10-4-2-1-3-5-10)13(17)15-7-6-11(16)9-15/h1-5,11-12,16H,6-7,9H2/t11-,12?/m0/s1. The summed E-state index contributed by atoms with van der Waals surface area (Å²) < 4.78 is 0. The molecule has 88 valence electrons. The average molecular weight is 230 g/mol. The third-order valence-corrected chi connectivity index (χ3v) is 2.98. The van der Waals surface area contributed by atoms with Crippen LogP contribution in [0.4, 0.5) is 0 Å². The van der Waals surface area contributed by atoms with Gasteiger partial charge in [0.15, 0.2) is 0 Å². The molecule has 1 saturated heterocycles. The molecule has 0 radical (unpaired) electrons. The Labute approximate surface area is 100 Å². The van der Waals surface area contributed by atoms with Crippen LogP contribution in [0.15, 0.2) is 30.3 Å². The van der Waals surface area contributed by atoms with Crippen LogP contribution < -0.4 is 0 Å². The number of amides is 1. The van der Waals surface area contributed by atoms with Crippen LogP contribution in [-0.4, -0.2) is 35.1 Å². The number of carbonyl (C=O) groups is 1. The van der Waals surface area contributed by atoms with Crippen molar-refractivity contribution in [3.8, 4) is 6.07 Å². The molecule has 0 aliphatic carbocycles. The molecule has 0 spiro atoms. The fourth-order valence-corrected chi connectivity index (χ4v) is 2.04. The number of aliphatic hydroxyl groups is 1. The van der Waals surface area contributed by atoms with E-state index in [4.69, 9.17) is 5.26 Å². The molecular weight excluding hydrogens is 216 g/mol. The lowest BCUT2D eigenvalue weighted by Gasteiger charge is -2.19. The lowest BCUT2D eigenvalue weighted by atomic mass is 9.99. The first kappa shape index (κ1) is 11.6. The van der Waals surface area contributed by atoms with Crippen LogP contribution in [0.1, 0.15) is 17.9 Å². The zero-order chi connectivity index (χ0) is 12.3. The Kier molecular flexibility index (Phi) is 3.40. The highest BCUT2D eigenvalue weighted by Crippen LogP contribution is 2.20. The third kappa shape index (κ3) is 2.45. The van der Waals surface area contributed by atoms with Crippen molar-refractivity contribution in [1.82, 2.24) is 4.90 Å². The Morgan fingerprint density at radius 3 is 2.71 bits per heavy atom. The minimum absolute atomic E-state index is 0.213. The first-order valence-corrected chi connectivity index (χ1v) is 5.64. The third-order valence-electron chi connectivity index (χ3n) is 2.98. The second-order valence-electron chi connectivity index (χ2n) is 4.20. The number of aliphatic hydroxyl groups excluding tert-OH is 1. The highest BCUT2D eigenvalue weighted by Gasteiger charge is 2.30. The minimum Gasteiger partial charge on any atom is -0.391 e. The molecule has 4 nitrogen and oxygen atoms in total. The quantitative estimate of drug-likeness (QED) is 0.820. The van der Waals surface area contributed by atoms with E-state index in [1.54, 1.807) is 17.0 Å². The number of benzene rings is 1. The molecule has 1 N–H and O–H groups in total. The van der Waals surface area contributed by atoms with Gasteiger partial charge < -0.3 is 10.0 Å². The summed E-state index contributed by atoms with van der Waals surface area (Å²) >= 11 is 0. The van der Waals surface area contributed by atoms with E-state index in [-0.39, 0.29) is 5.91 Å². The number of likely N-dealkylation sites (tertiary alicyclic amines) is 1. The van der Waals surface area contributed by atoms with Gasteiger partial charge in [0.05, 0.1) is 12.2 Å². The minimum atomic E-state index is -0.763. The SMILES string of the molecule is N#CC(C(=O)N1CC[C@H](O)C1)c1ccccc1. The maximum Gasteiger partial charge on any atom is 0.244 e. The maximum absolute atomic E-state index is 12.1. The number of carbonyl (C=O) groups excluding carboxylic acids is 1. The van der Waals surface area contributed by atoms with Crippen LogP contribution in [-0.2, 0) is 4.79 Å². The summed E-state index contributed by atoms with van der Waals surface area (Å²) in [6.07, 6.45) is 0.146. The van der Waals surface area contributed by atoms with Gasteiger partial charge >= 0.3 is 0 Å². The van der Waals surface area contributed by atoms with E-state index in [2.05, 4.69) is 0 Å². The zero-order valence-corrected chi connectivity index (χ0v) is 9.41. The van der Waals surface area contributed by atoms with Gasteiger partial charge in [0.25, 0.3) is 0 Å². The number of hydrogen-bond acceptors (Lipinski definition) is 3. The second kappa shape index (κ2) is 4.98. The normalized spacial score (nSPS) is 20.9. The summed E-state index contributed by atoms with van der Waals surface area (Å²) in [5.74, 6) is -0.975. The molecule has 0 bridgehead atoms. The van der Waals surface area contributed by atoms with E-state index in [0.717, 1.165) is 0 Å². The van der Waals surface area contributed by atoms with Gasteiger partial charge in [0.1, 0.15) is 5.92 Å². The van der Waals surface area contributed by atoms with E-state index in [1.165, 1.54) is 0 Å². The molecule has 4 heteroatoms. The molecule has 2 rings (SSSR count). The van der Waals surface area contributed by atoms with Gasteiger partial charge in [-0.2, -0.15) is 5.26 Å². The maximum atomic E-state index is 12.1. The molecule has 1 amide bonds. The number of nitrogens with zero attached hydrogens (tertiary/aromatic N) is 2. The lowest BCUT2D eigenvalue weighted by Crippen LogP contribution is -2.33. The molecule has 17 heavy (non-hydrogen) atoms. The average Bonchev–Trinajstić information content (AvgIpc) is 2.78. The van der Waals surface area contributed by atoms with Gasteiger partial charge in [-0.15, -0.1) is 0 Å². The van der Waals surface area contributed by atoms with Gasteiger partial charge in [-0.25, -0.2) is 0 Å². The highest BCUT2D eigenvalue weighted by molar-refractivity contribution is 5.86. The number of hydrogen-bond donors (Lipinski definition) is 1. The summed E-state index contributed by atoms with van der Waals surface area (Å²) in [4.78, 5) is 13.7. The van der Waals surface area contributed by atoms with Crippen molar-refractivity contribution < 1.29 is 9.90 Å². The first-order valence-electron chi connectivity index (χ1n) is 5.64. The highest BCUT2D eigenvalue weighted by atomic mass is 16.3. The van der Waals surface area contributed by atoms with Crippen molar-refractivity contribution in [1.29, 1.82) is 5.26 Å². The van der Waals surface area contributed by atoms with Crippen LogP contribution in [0.2, 0.25) is 0 Å². The zero-order valence-electron chi connectivity index (χ0n) is 9.41. The van der Waals surface area contributed by atoms with Crippen molar-refractivity contribution in [2.45, 2.75) is 18.4 Å². The topological polar surface area (TPSA) is 64.3 Å². The fourth-order valence-electron chi connectivity index (χ4n) is 2.04. The molecule has 1 unspecified atom stereocenters. The van der Waals surface area contributed by atoms with Crippen molar-refractivity contribution in [2.24, 2.45) is 0 Å². The van der Waals surface area contributed by atoms with E-state index >= 15 is 0 Å². The molecule has 1 aliphatic rings. The lowest BCUT2D eigenvalue weighted by molar-refractivity contribution is -0.130. The van der Waals surface area contributed by atoms with Crippen molar-refractivity contribution in [2.75, 3.05) is 13.1 Å². The molecule has 1 aliphatic heterocycles. The predicted molar refractivity (Wildman–Crippen MR) is 62.0 cm³/mol. The van der Waals surface area contributed by atoms with Crippen LogP contribution in [0, 0.1) is 11.3 Å². The Hall–Kier alpha value is -1.86. The summed E-state index contributed by atoms with van der Waals surface area (Å²) in [5, 5.41) is 18.5. The smallest absolute Gasteiger partial charge is 0.244 e. The number of rotatable bonds is 2. The van der Waals surface area contributed by atoms with E-state index in [0.29, 0.717) is 25.1 Å². The molecule has 0 saturated carbocycles. The van der Waals surface area contributed by atoms with Gasteiger partial charge in [0, 0.05) is 13.1 Å². The van der Waals surface area contributed by atoms with Crippen molar-refractivity contribution in [3.63, 3.8) is 0 Å². The molecule has 1 heterocycles. The Bertz CT molecular complexity index is 438. The van der Waals surface area contributed by atoms with E-state index in [9.17, 15) is 9.90 Å². The van der Waals surface area contributed by atoms with E-state index in [1.807, 2.05) is 24.3 Å². The number of β-amino-alcohol motifs (C(OH)–C–C–N with tert-alkyl or cyclic N) is 1. The van der Waals surface area contributed by atoms with Gasteiger partial charge in [-0.05, 0) is 12.0 Å². The van der Waals surface area contributed by atoms with Gasteiger partial charge in [0.2, 0.25) is 5.91 Å². The van der Waals surface area contributed by atoms with Gasteiger partial charge in [-0.3, -0.25) is 4.79 Å². The molecule has 2 atom stereocenters.